The van der Waals surface area contributed by atoms with Gasteiger partial charge < -0.3 is 43.4 Å². The predicted molar refractivity (Wildman–Crippen MR) is 218 cm³/mol. The SMILES string of the molecule is CNc1nc(Nc2ccc(C(N)=O)cc2)nc(Nc2ccc(/C=C/c3ccc(Nc4nc(NC)nc(Nc5ccc(C(N)=O)cc5)n4)cc3S)c(S)c2)n1. The van der Waals surface area contributed by atoms with E-state index in [9.17, 15) is 9.59 Å². The molecule has 0 saturated heterocycles. The molecule has 0 spiro atoms. The van der Waals surface area contributed by atoms with E-state index >= 15 is 0 Å². The molecule has 272 valence electrons. The molecule has 0 radical (unpaired) electrons. The van der Waals surface area contributed by atoms with Gasteiger partial charge >= 0.3 is 0 Å². The Balaban J connectivity index is 1.11. The van der Waals surface area contributed by atoms with Gasteiger partial charge in [-0.1, -0.05) is 24.3 Å². The van der Waals surface area contributed by atoms with Crippen molar-refractivity contribution in [3.05, 3.63) is 107 Å². The summed E-state index contributed by atoms with van der Waals surface area (Å²) in [5, 5.41) is 18.5. The molecule has 0 saturated carbocycles. The van der Waals surface area contributed by atoms with Crippen molar-refractivity contribution in [1.82, 2.24) is 29.9 Å². The molecular weight excluding hydrogens is 725 g/mol. The maximum Gasteiger partial charge on any atom is 0.248 e. The Morgan fingerprint density at radius 3 is 1.07 bits per heavy atom. The van der Waals surface area contributed by atoms with Crippen molar-refractivity contribution in [3.63, 3.8) is 0 Å². The van der Waals surface area contributed by atoms with Gasteiger partial charge in [0.15, 0.2) is 0 Å². The molecule has 54 heavy (non-hydrogen) atoms. The highest BCUT2D eigenvalue weighted by atomic mass is 32.1. The summed E-state index contributed by atoms with van der Waals surface area (Å²) >= 11 is 9.43. The number of carbonyl (C=O) groups is 2. The van der Waals surface area contributed by atoms with Crippen LogP contribution in [-0.4, -0.2) is 55.8 Å². The summed E-state index contributed by atoms with van der Waals surface area (Å²) in [6.07, 6.45) is 3.89. The Labute approximate surface area is 320 Å². The van der Waals surface area contributed by atoms with Gasteiger partial charge in [0, 0.05) is 57.8 Å². The fourth-order valence-electron chi connectivity index (χ4n) is 4.86. The van der Waals surface area contributed by atoms with E-state index in [1.54, 1.807) is 62.6 Å². The predicted octanol–water partition coefficient (Wildman–Crippen LogP) is 6.06. The molecule has 0 fully saturated rings. The highest BCUT2D eigenvalue weighted by Crippen LogP contribution is 2.28. The van der Waals surface area contributed by atoms with E-state index in [4.69, 9.17) is 36.7 Å². The number of benzene rings is 4. The number of aromatic nitrogens is 6. The number of amides is 2. The normalized spacial score (nSPS) is 10.8. The van der Waals surface area contributed by atoms with Gasteiger partial charge in [-0.15, -0.1) is 25.3 Å². The van der Waals surface area contributed by atoms with Crippen LogP contribution >= 0.6 is 25.3 Å². The van der Waals surface area contributed by atoms with E-state index in [0.717, 1.165) is 20.9 Å². The zero-order chi connectivity index (χ0) is 38.2. The lowest BCUT2D eigenvalue weighted by atomic mass is 10.1. The summed E-state index contributed by atoms with van der Waals surface area (Å²) in [7, 11) is 3.41. The van der Waals surface area contributed by atoms with Crippen molar-refractivity contribution in [2.75, 3.05) is 46.0 Å². The van der Waals surface area contributed by atoms with E-state index in [1.807, 2.05) is 48.6 Å². The van der Waals surface area contributed by atoms with Gasteiger partial charge in [-0.3, -0.25) is 9.59 Å². The van der Waals surface area contributed by atoms with Crippen molar-refractivity contribution >= 4 is 108 Å². The van der Waals surface area contributed by atoms with Gasteiger partial charge in [-0.2, -0.15) is 29.9 Å². The monoisotopic (exact) mass is 758 g/mol. The molecule has 10 N–H and O–H groups in total. The first kappa shape index (κ1) is 36.9. The van der Waals surface area contributed by atoms with Crippen LogP contribution in [0.5, 0.6) is 0 Å². The maximum atomic E-state index is 11.4. The van der Waals surface area contributed by atoms with E-state index < -0.39 is 11.8 Å². The number of rotatable bonds is 14. The first-order valence-electron chi connectivity index (χ1n) is 16.1. The van der Waals surface area contributed by atoms with Crippen molar-refractivity contribution < 1.29 is 9.59 Å². The molecule has 0 unspecified atom stereocenters. The Bertz CT molecular complexity index is 2190. The third kappa shape index (κ3) is 9.49. The third-order valence-corrected chi connectivity index (χ3v) is 8.36. The molecule has 6 aromatic rings. The lowest BCUT2D eigenvalue weighted by Crippen LogP contribution is -2.10. The zero-order valence-electron chi connectivity index (χ0n) is 28.8. The van der Waals surface area contributed by atoms with E-state index in [1.165, 1.54) is 0 Å². The minimum absolute atomic E-state index is 0.293. The number of primary amides is 2. The van der Waals surface area contributed by atoms with Crippen LogP contribution in [0.15, 0.2) is 94.7 Å². The maximum absolute atomic E-state index is 11.4. The van der Waals surface area contributed by atoms with Crippen molar-refractivity contribution in [1.29, 1.82) is 0 Å². The quantitative estimate of drug-likeness (QED) is 0.0449. The fraction of sp³-hybridized carbons (Fsp3) is 0.0556. The van der Waals surface area contributed by atoms with E-state index in [-0.39, 0.29) is 0 Å². The number of nitrogens with one attached hydrogen (secondary N) is 6. The molecule has 0 bridgehead atoms. The average molecular weight is 759 g/mol. The summed E-state index contributed by atoms with van der Waals surface area (Å²) in [6.45, 7) is 0. The second kappa shape index (κ2) is 16.6. The summed E-state index contributed by atoms with van der Waals surface area (Å²) in [5.74, 6) is 0.871. The first-order valence-corrected chi connectivity index (χ1v) is 17.0. The number of anilines is 10. The molecule has 0 aliphatic heterocycles. The lowest BCUT2D eigenvalue weighted by molar-refractivity contribution is 0.0992. The molecule has 2 amide bonds. The number of carbonyl (C=O) groups excluding carboxylic acids is 2. The fourth-order valence-corrected chi connectivity index (χ4v) is 5.43. The largest absolute Gasteiger partial charge is 0.366 e. The number of hydrogen-bond donors (Lipinski definition) is 10. The van der Waals surface area contributed by atoms with E-state index in [2.05, 4.69) is 61.8 Å². The Morgan fingerprint density at radius 1 is 0.481 bits per heavy atom. The van der Waals surface area contributed by atoms with Crippen LogP contribution in [0.3, 0.4) is 0 Å². The highest BCUT2D eigenvalue weighted by molar-refractivity contribution is 7.80. The van der Waals surface area contributed by atoms with Gasteiger partial charge in [-0.25, -0.2) is 0 Å². The Morgan fingerprint density at radius 2 is 0.778 bits per heavy atom. The van der Waals surface area contributed by atoms with Crippen LogP contribution in [-0.2, 0) is 0 Å². The zero-order valence-corrected chi connectivity index (χ0v) is 30.6. The summed E-state index contributed by atoms with van der Waals surface area (Å²) in [5.41, 5.74) is 16.0. The molecule has 4 aromatic carbocycles. The van der Waals surface area contributed by atoms with Crippen molar-refractivity contribution in [2.24, 2.45) is 11.5 Å². The molecule has 2 aromatic heterocycles. The molecule has 0 atom stereocenters. The molecule has 16 nitrogen and oxygen atoms in total. The molecule has 0 aliphatic carbocycles. The molecular formula is C36H34N14O2S2. The van der Waals surface area contributed by atoms with Crippen LogP contribution in [0, 0.1) is 0 Å². The molecule has 0 aliphatic rings. The summed E-state index contributed by atoms with van der Waals surface area (Å²) in [6, 6.07) is 24.6. The Hall–Kier alpha value is -6.92. The van der Waals surface area contributed by atoms with Gasteiger partial charge in [0.1, 0.15) is 0 Å². The second-order valence-corrected chi connectivity index (χ2v) is 12.3. The number of hydrogen-bond acceptors (Lipinski definition) is 16. The topological polar surface area (TPSA) is 236 Å². The number of thiol groups is 2. The van der Waals surface area contributed by atoms with Crippen LogP contribution in [0.25, 0.3) is 12.2 Å². The number of nitrogens with two attached hydrogens (primary N) is 2. The minimum atomic E-state index is -0.510. The van der Waals surface area contributed by atoms with Crippen LogP contribution in [0.1, 0.15) is 31.8 Å². The van der Waals surface area contributed by atoms with Gasteiger partial charge in [0.25, 0.3) is 0 Å². The third-order valence-electron chi connectivity index (χ3n) is 7.58. The smallest absolute Gasteiger partial charge is 0.248 e. The lowest BCUT2D eigenvalue weighted by Gasteiger charge is -2.12. The number of nitrogens with zero attached hydrogens (tertiary/aromatic N) is 6. The van der Waals surface area contributed by atoms with Crippen molar-refractivity contribution in [2.45, 2.75) is 9.79 Å². The minimum Gasteiger partial charge on any atom is -0.366 e. The van der Waals surface area contributed by atoms with Gasteiger partial charge in [0.05, 0.1) is 0 Å². The Kier molecular flexibility index (Phi) is 11.3. The van der Waals surface area contributed by atoms with Crippen molar-refractivity contribution in [3.8, 4) is 0 Å². The standard InChI is InChI=1S/C36H34N14O2S2/c1-39-31-45-33(41-23-11-7-21(8-12-23)29(37)51)49-35(47-31)43-25-15-5-19(27(53)17-25)3-4-20-6-16-26(18-28(20)54)44-36-48-32(40-2)46-34(50-36)42-24-13-9-22(10-14-24)30(38)52/h3-18,53-54H,1-2H3,(H2,37,51)(H2,38,52)(H3,39,41,43,45,47,49)(H3,40,42,44,46,48,50)/b4-3+. The molecule has 2 heterocycles. The second-order valence-electron chi connectivity index (χ2n) is 11.4. The average Bonchev–Trinajstić information content (AvgIpc) is 3.15. The first-order chi connectivity index (χ1) is 26.0. The highest BCUT2D eigenvalue weighted by Gasteiger charge is 2.11. The van der Waals surface area contributed by atoms with E-state index in [0.29, 0.717) is 69.6 Å². The molecule has 18 heteroatoms. The van der Waals surface area contributed by atoms with Crippen LogP contribution in [0.2, 0.25) is 0 Å². The summed E-state index contributed by atoms with van der Waals surface area (Å²) in [4.78, 5) is 50.7. The van der Waals surface area contributed by atoms with Gasteiger partial charge in [0.2, 0.25) is 47.5 Å². The van der Waals surface area contributed by atoms with Gasteiger partial charge in [-0.05, 0) is 83.9 Å². The van der Waals surface area contributed by atoms with Crippen LogP contribution < -0.4 is 43.4 Å². The molecule has 6 rings (SSSR count). The van der Waals surface area contributed by atoms with Crippen LogP contribution in [0.4, 0.5) is 58.4 Å². The summed E-state index contributed by atoms with van der Waals surface area (Å²) < 4.78 is 0.